The van der Waals surface area contributed by atoms with Crippen LogP contribution in [0.5, 0.6) is 0 Å². The van der Waals surface area contributed by atoms with Crippen LogP contribution in [0, 0.1) is 6.92 Å². The molecule has 0 spiro atoms. The Labute approximate surface area is 75.1 Å². The van der Waals surface area contributed by atoms with Crippen molar-refractivity contribution in [2.75, 3.05) is 6.54 Å². The Kier molecular flexibility index (Phi) is 2.99. The van der Waals surface area contributed by atoms with E-state index in [2.05, 4.69) is 16.9 Å². The second-order valence-corrected chi connectivity index (χ2v) is 3.31. The van der Waals surface area contributed by atoms with Crippen LogP contribution in [-0.4, -0.2) is 17.4 Å². The van der Waals surface area contributed by atoms with Crippen LogP contribution < -0.4 is 5.32 Å². The number of nitrogens with zero attached hydrogens (tertiary/aromatic N) is 1. The number of carbonyl (C=O) groups excluding carboxylic acids is 1. The Morgan fingerprint density at radius 3 is 3.17 bits per heavy atom. The minimum atomic E-state index is -0.140. The summed E-state index contributed by atoms with van der Waals surface area (Å²) in [6.07, 6.45) is 1.64. The van der Waals surface area contributed by atoms with E-state index in [1.54, 1.807) is 11.5 Å². The molecule has 0 radical (unpaired) electrons. The fraction of sp³-hybridized carbons (Fsp3) is 0.250. The number of carbonyl (C=O) groups is 1. The molecule has 1 amide bonds. The topological polar surface area (TPSA) is 42.0 Å². The maximum atomic E-state index is 11.2. The molecule has 1 aromatic rings. The molecule has 0 aliphatic heterocycles. The van der Waals surface area contributed by atoms with Crippen molar-refractivity contribution in [2.45, 2.75) is 6.92 Å². The summed E-state index contributed by atoms with van der Waals surface area (Å²) >= 11 is 1.47. The minimum absolute atomic E-state index is 0.140. The Bertz CT molecular complexity index is 293. The van der Waals surface area contributed by atoms with Crippen molar-refractivity contribution in [3.8, 4) is 0 Å². The van der Waals surface area contributed by atoms with Gasteiger partial charge in [0.2, 0.25) is 0 Å². The van der Waals surface area contributed by atoms with Gasteiger partial charge in [-0.25, -0.2) is 4.98 Å². The van der Waals surface area contributed by atoms with E-state index in [1.807, 2.05) is 6.92 Å². The quantitative estimate of drug-likeness (QED) is 0.717. The number of thiazole rings is 1. The first-order valence-corrected chi connectivity index (χ1v) is 4.43. The summed E-state index contributed by atoms with van der Waals surface area (Å²) in [6, 6.07) is 0. The molecule has 3 nitrogen and oxygen atoms in total. The van der Waals surface area contributed by atoms with Gasteiger partial charge in [-0.2, -0.15) is 0 Å². The number of amides is 1. The standard InChI is InChI=1S/C8H10N2OS/c1-3-4-9-8(11)7-5-12-6(2)10-7/h3,5H,1,4H2,2H3,(H,9,11). The van der Waals surface area contributed by atoms with Gasteiger partial charge in [0.15, 0.2) is 0 Å². The third kappa shape index (κ3) is 2.17. The molecule has 0 saturated heterocycles. The van der Waals surface area contributed by atoms with Gasteiger partial charge >= 0.3 is 0 Å². The highest BCUT2D eigenvalue weighted by molar-refractivity contribution is 7.09. The molecular weight excluding hydrogens is 172 g/mol. The zero-order valence-corrected chi connectivity index (χ0v) is 7.65. The lowest BCUT2D eigenvalue weighted by Crippen LogP contribution is -2.23. The third-order valence-electron chi connectivity index (χ3n) is 1.26. The lowest BCUT2D eigenvalue weighted by Gasteiger charge is -1.96. The van der Waals surface area contributed by atoms with Crippen molar-refractivity contribution in [1.29, 1.82) is 0 Å². The van der Waals surface area contributed by atoms with Crippen LogP contribution in [0.4, 0.5) is 0 Å². The summed E-state index contributed by atoms with van der Waals surface area (Å²) in [6.45, 7) is 5.85. The first kappa shape index (κ1) is 8.93. The number of aromatic nitrogens is 1. The first-order valence-electron chi connectivity index (χ1n) is 3.55. The Hall–Kier alpha value is -1.16. The number of aryl methyl sites for hydroxylation is 1. The van der Waals surface area contributed by atoms with E-state index in [4.69, 9.17) is 0 Å². The van der Waals surface area contributed by atoms with Gasteiger partial charge in [0.05, 0.1) is 5.01 Å². The molecule has 0 saturated carbocycles. The second kappa shape index (κ2) is 4.01. The SMILES string of the molecule is C=CCNC(=O)c1csc(C)n1. The molecule has 1 N–H and O–H groups in total. The molecule has 4 heteroatoms. The summed E-state index contributed by atoms with van der Waals surface area (Å²) < 4.78 is 0. The summed E-state index contributed by atoms with van der Waals surface area (Å²) in [4.78, 5) is 15.2. The van der Waals surface area contributed by atoms with Crippen molar-refractivity contribution in [1.82, 2.24) is 10.3 Å². The highest BCUT2D eigenvalue weighted by Crippen LogP contribution is 2.07. The lowest BCUT2D eigenvalue weighted by atomic mass is 10.4. The van der Waals surface area contributed by atoms with Crippen molar-refractivity contribution >= 4 is 17.2 Å². The average Bonchev–Trinajstić information content (AvgIpc) is 2.47. The molecule has 0 aliphatic rings. The van der Waals surface area contributed by atoms with Crippen LogP contribution >= 0.6 is 11.3 Å². The van der Waals surface area contributed by atoms with Gasteiger partial charge in [0.1, 0.15) is 5.69 Å². The van der Waals surface area contributed by atoms with Gasteiger partial charge in [-0.3, -0.25) is 4.79 Å². The highest BCUT2D eigenvalue weighted by Gasteiger charge is 2.06. The molecule has 1 aromatic heterocycles. The molecule has 0 fully saturated rings. The molecule has 1 rings (SSSR count). The van der Waals surface area contributed by atoms with E-state index >= 15 is 0 Å². The molecule has 0 bridgehead atoms. The van der Waals surface area contributed by atoms with Crippen LogP contribution in [-0.2, 0) is 0 Å². The minimum Gasteiger partial charge on any atom is -0.347 e. The van der Waals surface area contributed by atoms with E-state index in [9.17, 15) is 4.79 Å². The molecular formula is C8H10N2OS. The van der Waals surface area contributed by atoms with Crippen LogP contribution in [0.3, 0.4) is 0 Å². The maximum Gasteiger partial charge on any atom is 0.271 e. The van der Waals surface area contributed by atoms with Gasteiger partial charge in [-0.15, -0.1) is 17.9 Å². The molecule has 0 aliphatic carbocycles. The molecule has 12 heavy (non-hydrogen) atoms. The van der Waals surface area contributed by atoms with E-state index in [0.29, 0.717) is 12.2 Å². The predicted molar refractivity (Wildman–Crippen MR) is 49.4 cm³/mol. The average molecular weight is 182 g/mol. The van der Waals surface area contributed by atoms with Gasteiger partial charge in [0.25, 0.3) is 5.91 Å². The van der Waals surface area contributed by atoms with Crippen LogP contribution in [0.1, 0.15) is 15.5 Å². The Morgan fingerprint density at radius 2 is 2.67 bits per heavy atom. The first-order chi connectivity index (χ1) is 5.74. The summed E-state index contributed by atoms with van der Waals surface area (Å²) in [5.41, 5.74) is 0.486. The molecule has 64 valence electrons. The fourth-order valence-corrected chi connectivity index (χ4v) is 1.32. The molecule has 0 aromatic carbocycles. The smallest absolute Gasteiger partial charge is 0.271 e. The number of rotatable bonds is 3. The van der Waals surface area contributed by atoms with Crippen molar-refractivity contribution in [3.05, 3.63) is 28.7 Å². The van der Waals surface area contributed by atoms with E-state index < -0.39 is 0 Å². The van der Waals surface area contributed by atoms with Crippen LogP contribution in [0.25, 0.3) is 0 Å². The summed E-state index contributed by atoms with van der Waals surface area (Å²) in [5.74, 6) is -0.140. The van der Waals surface area contributed by atoms with Crippen LogP contribution in [0.2, 0.25) is 0 Å². The fourth-order valence-electron chi connectivity index (χ4n) is 0.723. The van der Waals surface area contributed by atoms with Gasteiger partial charge in [0, 0.05) is 11.9 Å². The predicted octanol–water partition coefficient (Wildman–Crippen LogP) is 1.37. The zero-order chi connectivity index (χ0) is 8.97. The van der Waals surface area contributed by atoms with Gasteiger partial charge in [-0.05, 0) is 6.92 Å². The monoisotopic (exact) mass is 182 g/mol. The van der Waals surface area contributed by atoms with Crippen molar-refractivity contribution < 1.29 is 4.79 Å². The highest BCUT2D eigenvalue weighted by atomic mass is 32.1. The number of nitrogens with one attached hydrogen (secondary N) is 1. The Morgan fingerprint density at radius 1 is 1.92 bits per heavy atom. The van der Waals surface area contributed by atoms with Gasteiger partial charge < -0.3 is 5.32 Å². The zero-order valence-electron chi connectivity index (χ0n) is 6.83. The molecule has 0 unspecified atom stereocenters. The molecule has 0 atom stereocenters. The largest absolute Gasteiger partial charge is 0.347 e. The van der Waals surface area contributed by atoms with E-state index in [-0.39, 0.29) is 5.91 Å². The summed E-state index contributed by atoms with van der Waals surface area (Å²) in [7, 11) is 0. The molecule has 1 heterocycles. The van der Waals surface area contributed by atoms with Crippen molar-refractivity contribution in [3.63, 3.8) is 0 Å². The lowest BCUT2D eigenvalue weighted by molar-refractivity contribution is 0.0953. The van der Waals surface area contributed by atoms with E-state index in [0.717, 1.165) is 5.01 Å². The second-order valence-electron chi connectivity index (χ2n) is 2.25. The van der Waals surface area contributed by atoms with Crippen molar-refractivity contribution in [2.24, 2.45) is 0 Å². The Balaban J connectivity index is 2.59. The maximum absolute atomic E-state index is 11.2. The number of hydrogen-bond acceptors (Lipinski definition) is 3. The van der Waals surface area contributed by atoms with E-state index in [1.165, 1.54) is 11.3 Å². The van der Waals surface area contributed by atoms with Crippen LogP contribution in [0.15, 0.2) is 18.0 Å². The number of hydrogen-bond donors (Lipinski definition) is 1. The normalized spacial score (nSPS) is 9.42. The van der Waals surface area contributed by atoms with Gasteiger partial charge in [-0.1, -0.05) is 6.08 Å². The summed E-state index contributed by atoms with van der Waals surface area (Å²) in [5, 5.41) is 5.29. The third-order valence-corrected chi connectivity index (χ3v) is 2.03.